The Kier molecular flexibility index (Phi) is 11.1. The Balaban J connectivity index is 1.64. The van der Waals surface area contributed by atoms with Crippen molar-refractivity contribution in [2.45, 2.75) is 82.3 Å². The van der Waals surface area contributed by atoms with Crippen LogP contribution in [0.15, 0.2) is 30.3 Å². The van der Waals surface area contributed by atoms with Crippen LogP contribution in [0.3, 0.4) is 0 Å². The van der Waals surface area contributed by atoms with E-state index in [1.165, 1.54) is 32.1 Å². The van der Waals surface area contributed by atoms with E-state index in [2.05, 4.69) is 10.6 Å². The van der Waals surface area contributed by atoms with Crippen LogP contribution in [0, 0.1) is 11.8 Å². The van der Waals surface area contributed by atoms with E-state index >= 15 is 0 Å². The van der Waals surface area contributed by atoms with Crippen molar-refractivity contribution in [3.05, 3.63) is 35.9 Å². The summed E-state index contributed by atoms with van der Waals surface area (Å²) in [6.07, 6.45) is 12.0. The molecule has 34 heavy (non-hydrogen) atoms. The molecule has 2 aliphatic rings. The summed E-state index contributed by atoms with van der Waals surface area (Å²) < 4.78 is 5.22. The summed E-state index contributed by atoms with van der Waals surface area (Å²) in [5.41, 5.74) is 0.0329. The van der Waals surface area contributed by atoms with Gasteiger partial charge in [0.2, 0.25) is 0 Å². The van der Waals surface area contributed by atoms with Crippen LogP contribution < -0.4 is 10.6 Å². The zero-order valence-corrected chi connectivity index (χ0v) is 21.4. The molecule has 3 rings (SSSR count). The first-order valence-corrected chi connectivity index (χ1v) is 13.5. The van der Waals surface area contributed by atoms with Crippen molar-refractivity contribution in [1.29, 1.82) is 0 Å². The van der Waals surface area contributed by atoms with Crippen LogP contribution in [0.25, 0.3) is 0 Å². The van der Waals surface area contributed by atoms with Gasteiger partial charge in [-0.05, 0) is 57.1 Å². The number of unbranched alkanes of at least 4 members (excludes halogenated alkanes) is 1. The van der Waals surface area contributed by atoms with E-state index in [0.717, 1.165) is 56.7 Å². The fourth-order valence-electron chi connectivity index (χ4n) is 6.03. The molecule has 1 aliphatic carbocycles. The Morgan fingerprint density at radius 2 is 1.91 bits per heavy atom. The molecule has 1 aliphatic heterocycles. The number of rotatable bonds is 12. The van der Waals surface area contributed by atoms with Crippen molar-refractivity contribution in [1.82, 2.24) is 15.5 Å². The number of amides is 2. The molecule has 0 aromatic heterocycles. The van der Waals surface area contributed by atoms with Gasteiger partial charge >= 0.3 is 6.03 Å². The Morgan fingerprint density at radius 1 is 1.15 bits per heavy atom. The molecular formula is C28H47N3O3. The second kappa shape index (κ2) is 14.1. The van der Waals surface area contributed by atoms with Gasteiger partial charge in [-0.15, -0.1) is 0 Å². The van der Waals surface area contributed by atoms with E-state index in [9.17, 15) is 9.90 Å². The number of piperidine rings is 1. The number of methoxy groups -OCH3 is 1. The van der Waals surface area contributed by atoms with Gasteiger partial charge in [0, 0.05) is 45.3 Å². The van der Waals surface area contributed by atoms with Gasteiger partial charge in [-0.2, -0.15) is 0 Å². The molecule has 0 unspecified atom stereocenters. The van der Waals surface area contributed by atoms with E-state index in [1.54, 1.807) is 7.11 Å². The lowest BCUT2D eigenvalue weighted by molar-refractivity contribution is -0.0564. The number of likely N-dealkylation sites (N-methyl/N-ethyl adjacent to an activating group) is 1. The van der Waals surface area contributed by atoms with Crippen LogP contribution in [-0.4, -0.2) is 62.5 Å². The van der Waals surface area contributed by atoms with Crippen molar-refractivity contribution < 1.29 is 14.6 Å². The number of urea groups is 1. The predicted molar refractivity (Wildman–Crippen MR) is 138 cm³/mol. The maximum absolute atomic E-state index is 13.3. The molecule has 2 fully saturated rings. The molecule has 2 amide bonds. The van der Waals surface area contributed by atoms with Crippen LogP contribution in [-0.2, 0) is 10.3 Å². The van der Waals surface area contributed by atoms with Gasteiger partial charge in [0.05, 0.1) is 5.60 Å². The van der Waals surface area contributed by atoms with Crippen LogP contribution in [0.1, 0.15) is 76.2 Å². The molecule has 0 bridgehead atoms. The maximum Gasteiger partial charge on any atom is 0.317 e. The average molecular weight is 474 g/mol. The number of benzene rings is 1. The molecule has 6 heteroatoms. The van der Waals surface area contributed by atoms with Gasteiger partial charge < -0.3 is 25.4 Å². The fraction of sp³-hybridized carbons (Fsp3) is 0.750. The summed E-state index contributed by atoms with van der Waals surface area (Å²) >= 11 is 0. The van der Waals surface area contributed by atoms with Crippen molar-refractivity contribution in [3.63, 3.8) is 0 Å². The highest BCUT2D eigenvalue weighted by molar-refractivity contribution is 5.74. The van der Waals surface area contributed by atoms with Gasteiger partial charge in [-0.3, -0.25) is 0 Å². The Morgan fingerprint density at radius 3 is 2.62 bits per heavy atom. The third kappa shape index (κ3) is 7.69. The van der Waals surface area contributed by atoms with Crippen molar-refractivity contribution >= 4 is 6.03 Å². The Hall–Kier alpha value is -1.63. The number of likely N-dealkylation sites (tertiary alicyclic amines) is 1. The zero-order valence-electron chi connectivity index (χ0n) is 21.4. The molecule has 192 valence electrons. The SMILES string of the molecule is CNC[C@H](CC1CCCCC1)NC(=O)N1CCC[C@@H]([C@@](O)(CCCCOC)c2ccccc2)C1. The molecule has 6 nitrogen and oxygen atoms in total. The monoisotopic (exact) mass is 473 g/mol. The minimum atomic E-state index is -0.930. The molecule has 0 spiro atoms. The molecule has 1 saturated heterocycles. The molecule has 1 heterocycles. The van der Waals surface area contributed by atoms with Gasteiger partial charge in [0.1, 0.15) is 0 Å². The highest BCUT2D eigenvalue weighted by Crippen LogP contribution is 2.39. The molecule has 1 aromatic rings. The van der Waals surface area contributed by atoms with E-state index in [-0.39, 0.29) is 18.0 Å². The minimum absolute atomic E-state index is 0.0237. The second-order valence-electron chi connectivity index (χ2n) is 10.5. The van der Waals surface area contributed by atoms with E-state index in [0.29, 0.717) is 19.6 Å². The molecule has 0 radical (unpaired) electrons. The van der Waals surface area contributed by atoms with E-state index in [4.69, 9.17) is 4.74 Å². The van der Waals surface area contributed by atoms with Gasteiger partial charge in [0.15, 0.2) is 0 Å². The summed E-state index contributed by atoms with van der Waals surface area (Å²) in [5.74, 6) is 0.745. The first-order valence-electron chi connectivity index (χ1n) is 13.5. The van der Waals surface area contributed by atoms with Crippen molar-refractivity contribution in [3.8, 4) is 0 Å². The van der Waals surface area contributed by atoms with Crippen LogP contribution >= 0.6 is 0 Å². The lowest BCUT2D eigenvalue weighted by Crippen LogP contribution is -2.54. The van der Waals surface area contributed by atoms with Crippen LogP contribution in [0.4, 0.5) is 4.79 Å². The fourth-order valence-corrected chi connectivity index (χ4v) is 6.03. The maximum atomic E-state index is 13.3. The topological polar surface area (TPSA) is 73.8 Å². The lowest BCUT2D eigenvalue weighted by atomic mass is 9.74. The number of carbonyl (C=O) groups excluding carboxylic acids is 1. The third-order valence-electron chi connectivity index (χ3n) is 7.93. The van der Waals surface area contributed by atoms with Crippen LogP contribution in [0.5, 0.6) is 0 Å². The van der Waals surface area contributed by atoms with Crippen molar-refractivity contribution in [2.24, 2.45) is 11.8 Å². The Labute approximate surface area is 206 Å². The molecule has 3 atom stereocenters. The minimum Gasteiger partial charge on any atom is -0.385 e. The van der Waals surface area contributed by atoms with Gasteiger partial charge in [-0.25, -0.2) is 4.79 Å². The molecular weight excluding hydrogens is 426 g/mol. The Bertz CT molecular complexity index is 710. The predicted octanol–water partition coefficient (Wildman–Crippen LogP) is 4.67. The highest BCUT2D eigenvalue weighted by atomic mass is 16.5. The quantitative estimate of drug-likeness (QED) is 0.386. The number of aliphatic hydroxyl groups is 1. The van der Waals surface area contributed by atoms with Crippen LogP contribution in [0.2, 0.25) is 0 Å². The smallest absolute Gasteiger partial charge is 0.317 e. The summed E-state index contributed by atoms with van der Waals surface area (Å²) in [7, 11) is 3.68. The van der Waals surface area contributed by atoms with E-state index < -0.39 is 5.60 Å². The standard InChI is InChI=1S/C28H47N3O3/c1-29-21-26(20-23-12-5-3-6-13-23)30-27(32)31-18-11-16-25(22-31)28(33,17-9-10-19-34-2)24-14-7-4-8-15-24/h4,7-8,14-15,23,25-26,29,33H,3,5-6,9-13,16-22H2,1-2H3,(H,30,32)/t25-,26+,28-/m1/s1. The first kappa shape index (κ1) is 27.0. The summed E-state index contributed by atoms with van der Waals surface area (Å²) in [4.78, 5) is 15.3. The number of nitrogens with zero attached hydrogens (tertiary/aromatic N) is 1. The van der Waals surface area contributed by atoms with E-state index in [1.807, 2.05) is 42.3 Å². The lowest BCUT2D eigenvalue weighted by Gasteiger charge is -2.43. The van der Waals surface area contributed by atoms with Gasteiger partial charge in [-0.1, -0.05) is 62.4 Å². The summed E-state index contributed by atoms with van der Waals surface area (Å²) in [5, 5.41) is 18.6. The largest absolute Gasteiger partial charge is 0.385 e. The number of hydrogen-bond acceptors (Lipinski definition) is 4. The zero-order chi connectivity index (χ0) is 24.2. The normalized spacial score (nSPS) is 22.2. The van der Waals surface area contributed by atoms with Gasteiger partial charge in [0.25, 0.3) is 0 Å². The average Bonchev–Trinajstić information content (AvgIpc) is 2.88. The number of hydrogen-bond donors (Lipinski definition) is 3. The molecule has 1 saturated carbocycles. The third-order valence-corrected chi connectivity index (χ3v) is 7.93. The summed E-state index contributed by atoms with van der Waals surface area (Å²) in [6.45, 7) is 2.86. The molecule has 3 N–H and O–H groups in total. The van der Waals surface area contributed by atoms with Crippen molar-refractivity contribution in [2.75, 3.05) is 40.4 Å². The number of ether oxygens (including phenoxy) is 1. The highest BCUT2D eigenvalue weighted by Gasteiger charge is 2.41. The second-order valence-corrected chi connectivity index (χ2v) is 10.5. The summed E-state index contributed by atoms with van der Waals surface area (Å²) in [6, 6.07) is 10.2. The first-order chi connectivity index (χ1) is 16.6. The number of nitrogens with one attached hydrogen (secondary N) is 2. The number of carbonyl (C=O) groups is 1. The molecule has 1 aromatic carbocycles.